The van der Waals surface area contributed by atoms with Crippen LogP contribution in [0.4, 0.5) is 0 Å². The fraction of sp³-hybridized carbons (Fsp3) is 0.0667. The van der Waals surface area contributed by atoms with Gasteiger partial charge in [-0.2, -0.15) is 5.26 Å². The zero-order chi connectivity index (χ0) is 14.1. The highest BCUT2D eigenvalue weighted by Gasteiger charge is 2.10. The zero-order valence-electron chi connectivity index (χ0n) is 10.3. The molecule has 0 aliphatic carbocycles. The number of hydrogen-bond donors (Lipinski definition) is 0. The Bertz CT molecular complexity index is 889. The summed E-state index contributed by atoms with van der Waals surface area (Å²) >= 11 is 7.47. The smallest absolute Gasteiger partial charge is 0.268 e. The minimum Gasteiger partial charge on any atom is -0.308 e. The van der Waals surface area contributed by atoms with Crippen LogP contribution in [0, 0.1) is 11.3 Å². The van der Waals surface area contributed by atoms with Crippen molar-refractivity contribution in [2.45, 2.75) is 6.54 Å². The van der Waals surface area contributed by atoms with Crippen LogP contribution >= 0.6 is 22.9 Å². The van der Waals surface area contributed by atoms with Crippen LogP contribution in [0.1, 0.15) is 11.1 Å². The first-order valence-corrected chi connectivity index (χ1v) is 7.20. The van der Waals surface area contributed by atoms with E-state index in [2.05, 4.69) is 6.07 Å². The minimum absolute atomic E-state index is 0.0890. The van der Waals surface area contributed by atoms with E-state index in [-0.39, 0.29) is 5.56 Å². The Balaban J connectivity index is 2.18. The van der Waals surface area contributed by atoms with Gasteiger partial charge < -0.3 is 4.57 Å². The summed E-state index contributed by atoms with van der Waals surface area (Å²) in [5.74, 6) is 0. The molecule has 0 saturated heterocycles. The maximum absolute atomic E-state index is 12.4. The SMILES string of the molecule is N#Cc1cn(Cc2ccccc2Cl)c(=O)c2sccc12. The summed E-state index contributed by atoms with van der Waals surface area (Å²) in [6.45, 7) is 0.362. The number of rotatable bonds is 2. The maximum atomic E-state index is 12.4. The first-order chi connectivity index (χ1) is 9.70. The molecule has 0 bridgehead atoms. The Morgan fingerprint density at radius 1 is 1.30 bits per heavy atom. The number of pyridine rings is 1. The molecule has 3 rings (SSSR count). The van der Waals surface area contributed by atoms with Crippen LogP contribution in [0.15, 0.2) is 46.7 Å². The van der Waals surface area contributed by atoms with E-state index in [1.165, 1.54) is 11.3 Å². The second kappa shape index (κ2) is 5.12. The van der Waals surface area contributed by atoms with E-state index in [9.17, 15) is 10.1 Å². The maximum Gasteiger partial charge on any atom is 0.268 e. The van der Waals surface area contributed by atoms with Gasteiger partial charge in [0, 0.05) is 16.6 Å². The van der Waals surface area contributed by atoms with Gasteiger partial charge in [-0.1, -0.05) is 29.8 Å². The molecular formula is C15H9ClN2OS. The van der Waals surface area contributed by atoms with Gasteiger partial charge in [0.1, 0.15) is 10.8 Å². The first-order valence-electron chi connectivity index (χ1n) is 5.95. The standard InChI is InChI=1S/C15H9ClN2OS/c16-13-4-2-1-3-10(13)8-18-9-11(7-17)12-5-6-20-14(12)15(18)19/h1-6,9H,8H2. The van der Waals surface area contributed by atoms with Crippen molar-refractivity contribution < 1.29 is 0 Å². The van der Waals surface area contributed by atoms with E-state index in [0.717, 1.165) is 10.9 Å². The molecule has 0 aliphatic rings. The average molecular weight is 301 g/mol. The summed E-state index contributed by atoms with van der Waals surface area (Å²) < 4.78 is 2.15. The molecule has 0 unspecified atom stereocenters. The molecule has 2 aromatic heterocycles. The first kappa shape index (κ1) is 12.9. The summed E-state index contributed by atoms with van der Waals surface area (Å²) in [6, 6.07) is 11.3. The summed E-state index contributed by atoms with van der Waals surface area (Å²) in [6.07, 6.45) is 1.60. The molecule has 5 heteroatoms. The molecule has 0 radical (unpaired) electrons. The van der Waals surface area contributed by atoms with Crippen molar-refractivity contribution in [2.24, 2.45) is 0 Å². The molecule has 0 aliphatic heterocycles. The predicted molar refractivity (Wildman–Crippen MR) is 81.4 cm³/mol. The zero-order valence-corrected chi connectivity index (χ0v) is 11.9. The van der Waals surface area contributed by atoms with Crippen LogP contribution in [-0.2, 0) is 6.54 Å². The highest BCUT2D eigenvalue weighted by atomic mass is 35.5. The normalized spacial score (nSPS) is 10.6. The number of halogens is 1. The highest BCUT2D eigenvalue weighted by molar-refractivity contribution is 7.17. The molecule has 3 nitrogen and oxygen atoms in total. The summed E-state index contributed by atoms with van der Waals surface area (Å²) in [4.78, 5) is 12.4. The van der Waals surface area contributed by atoms with Gasteiger partial charge in [0.25, 0.3) is 5.56 Å². The van der Waals surface area contributed by atoms with Gasteiger partial charge in [0.05, 0.1) is 12.1 Å². The summed E-state index contributed by atoms with van der Waals surface area (Å²) in [5.41, 5.74) is 1.28. The largest absolute Gasteiger partial charge is 0.308 e. The van der Waals surface area contributed by atoms with Gasteiger partial charge in [0.15, 0.2) is 0 Å². The Morgan fingerprint density at radius 3 is 2.85 bits per heavy atom. The number of benzene rings is 1. The summed E-state index contributed by atoms with van der Waals surface area (Å²) in [5, 5.41) is 12.4. The molecule has 98 valence electrons. The van der Waals surface area contributed by atoms with Crippen molar-refractivity contribution in [1.82, 2.24) is 4.57 Å². The summed E-state index contributed by atoms with van der Waals surface area (Å²) in [7, 11) is 0. The molecule has 0 spiro atoms. The lowest BCUT2D eigenvalue weighted by atomic mass is 10.2. The second-order valence-electron chi connectivity index (χ2n) is 4.34. The second-order valence-corrected chi connectivity index (χ2v) is 5.67. The van der Waals surface area contributed by atoms with Crippen molar-refractivity contribution in [3.63, 3.8) is 0 Å². The molecular weight excluding hydrogens is 292 g/mol. The van der Waals surface area contributed by atoms with Crippen LogP contribution in [0.5, 0.6) is 0 Å². The van der Waals surface area contributed by atoms with Crippen LogP contribution < -0.4 is 5.56 Å². The Labute approximate surface area is 124 Å². The van der Waals surface area contributed by atoms with Crippen molar-refractivity contribution in [1.29, 1.82) is 5.26 Å². The highest BCUT2D eigenvalue weighted by Crippen LogP contribution is 2.21. The van der Waals surface area contributed by atoms with Crippen LogP contribution in [0.2, 0.25) is 5.02 Å². The van der Waals surface area contributed by atoms with E-state index in [0.29, 0.717) is 21.8 Å². The van der Waals surface area contributed by atoms with Gasteiger partial charge in [-0.05, 0) is 23.1 Å². The third-order valence-corrected chi connectivity index (χ3v) is 4.39. The van der Waals surface area contributed by atoms with Gasteiger partial charge in [-0.3, -0.25) is 4.79 Å². The molecule has 0 amide bonds. The monoisotopic (exact) mass is 300 g/mol. The van der Waals surface area contributed by atoms with Crippen molar-refractivity contribution in [2.75, 3.05) is 0 Å². The lowest BCUT2D eigenvalue weighted by Gasteiger charge is -2.08. The predicted octanol–water partition coefficient (Wildman–Crippen LogP) is 3.64. The number of nitriles is 1. The molecule has 3 aromatic rings. The van der Waals surface area contributed by atoms with Gasteiger partial charge in [-0.15, -0.1) is 11.3 Å². The van der Waals surface area contributed by atoms with Crippen LogP contribution in [0.3, 0.4) is 0 Å². The third-order valence-electron chi connectivity index (χ3n) is 3.11. The molecule has 0 N–H and O–H groups in total. The van der Waals surface area contributed by atoms with Gasteiger partial charge in [-0.25, -0.2) is 0 Å². The van der Waals surface area contributed by atoms with Crippen molar-refractivity contribution in [3.8, 4) is 6.07 Å². The topological polar surface area (TPSA) is 45.8 Å². The molecule has 2 heterocycles. The van der Waals surface area contributed by atoms with Crippen LogP contribution in [-0.4, -0.2) is 4.57 Å². The fourth-order valence-corrected chi connectivity index (χ4v) is 3.18. The number of thiophene rings is 1. The number of nitrogens with zero attached hydrogens (tertiary/aromatic N) is 2. The number of aromatic nitrogens is 1. The molecule has 0 saturated carbocycles. The average Bonchev–Trinajstić information content (AvgIpc) is 2.94. The lowest BCUT2D eigenvalue weighted by Crippen LogP contribution is -2.20. The van der Waals surface area contributed by atoms with E-state index in [1.807, 2.05) is 23.6 Å². The minimum atomic E-state index is -0.0890. The molecule has 1 aromatic carbocycles. The fourth-order valence-electron chi connectivity index (χ4n) is 2.12. The number of fused-ring (bicyclic) bond motifs is 1. The molecule has 20 heavy (non-hydrogen) atoms. The van der Waals surface area contributed by atoms with E-state index in [4.69, 9.17) is 11.6 Å². The van der Waals surface area contributed by atoms with Gasteiger partial charge in [0.2, 0.25) is 0 Å². The van der Waals surface area contributed by atoms with Gasteiger partial charge >= 0.3 is 0 Å². The van der Waals surface area contributed by atoms with E-state index in [1.54, 1.807) is 22.9 Å². The molecule has 0 fully saturated rings. The Morgan fingerprint density at radius 2 is 2.10 bits per heavy atom. The van der Waals surface area contributed by atoms with Crippen molar-refractivity contribution in [3.05, 3.63) is 68.4 Å². The van der Waals surface area contributed by atoms with E-state index < -0.39 is 0 Å². The number of hydrogen-bond acceptors (Lipinski definition) is 3. The Hall–Kier alpha value is -2.09. The van der Waals surface area contributed by atoms with Crippen LogP contribution in [0.25, 0.3) is 10.1 Å². The molecule has 0 atom stereocenters. The third kappa shape index (κ3) is 2.11. The van der Waals surface area contributed by atoms with E-state index >= 15 is 0 Å². The quantitative estimate of drug-likeness (QED) is 0.725. The Kier molecular flexibility index (Phi) is 3.31. The lowest BCUT2D eigenvalue weighted by molar-refractivity contribution is 0.768. The van der Waals surface area contributed by atoms with Crippen molar-refractivity contribution >= 4 is 33.0 Å².